The van der Waals surface area contributed by atoms with Gasteiger partial charge in [-0.1, -0.05) is 24.3 Å². The highest BCUT2D eigenvalue weighted by molar-refractivity contribution is 5.93. The van der Waals surface area contributed by atoms with E-state index in [1.807, 2.05) is 31.2 Å². The fraction of sp³-hybridized carbons (Fsp3) is 0.250. The maximum Gasteiger partial charge on any atom is 0.133 e. The van der Waals surface area contributed by atoms with Crippen molar-refractivity contribution in [3.05, 3.63) is 36.0 Å². The van der Waals surface area contributed by atoms with Gasteiger partial charge in [0.15, 0.2) is 0 Å². The van der Waals surface area contributed by atoms with Gasteiger partial charge in [-0.2, -0.15) is 0 Å². The number of anilines is 1. The fourth-order valence-electron chi connectivity index (χ4n) is 1.69. The third-order valence-corrected chi connectivity index (χ3v) is 2.39. The van der Waals surface area contributed by atoms with E-state index in [0.29, 0.717) is 0 Å². The minimum atomic E-state index is 0.0277. The van der Waals surface area contributed by atoms with Crippen LogP contribution in [0.15, 0.2) is 30.5 Å². The van der Waals surface area contributed by atoms with Crippen molar-refractivity contribution in [3.8, 4) is 0 Å². The van der Waals surface area contributed by atoms with Gasteiger partial charge in [0.1, 0.15) is 5.82 Å². The van der Waals surface area contributed by atoms with Crippen molar-refractivity contribution in [2.24, 2.45) is 0 Å². The predicted molar refractivity (Wildman–Crippen MR) is 61.8 cm³/mol. The zero-order valence-corrected chi connectivity index (χ0v) is 8.70. The van der Waals surface area contributed by atoms with Gasteiger partial charge in [0.2, 0.25) is 0 Å². The molecule has 0 aliphatic rings. The summed E-state index contributed by atoms with van der Waals surface area (Å²) in [5.41, 5.74) is 0.868. The molecule has 15 heavy (non-hydrogen) atoms. The minimum absolute atomic E-state index is 0.0277. The van der Waals surface area contributed by atoms with Crippen LogP contribution in [0.3, 0.4) is 0 Å². The molecular weight excluding hydrogens is 188 g/mol. The van der Waals surface area contributed by atoms with Crippen molar-refractivity contribution < 1.29 is 5.11 Å². The number of aromatic nitrogens is 1. The van der Waals surface area contributed by atoms with E-state index in [1.54, 1.807) is 6.20 Å². The van der Waals surface area contributed by atoms with E-state index in [4.69, 9.17) is 0 Å². The van der Waals surface area contributed by atoms with Crippen LogP contribution in [-0.2, 0) is 6.61 Å². The van der Waals surface area contributed by atoms with Crippen LogP contribution in [-0.4, -0.2) is 16.6 Å². The summed E-state index contributed by atoms with van der Waals surface area (Å²) in [6.45, 7) is 2.91. The maximum atomic E-state index is 9.20. The standard InChI is InChI=1S/C12H14N2O/c1-2-13-12-11-6-4-3-5-10(11)9(8-15)7-14-12/h3-7,15H,2,8H2,1H3,(H,13,14). The lowest BCUT2D eigenvalue weighted by molar-refractivity contribution is 0.283. The molecule has 2 N–H and O–H groups in total. The van der Waals surface area contributed by atoms with E-state index in [1.165, 1.54) is 0 Å². The van der Waals surface area contributed by atoms with E-state index < -0.39 is 0 Å². The van der Waals surface area contributed by atoms with Crippen molar-refractivity contribution in [1.82, 2.24) is 4.98 Å². The summed E-state index contributed by atoms with van der Waals surface area (Å²) < 4.78 is 0. The summed E-state index contributed by atoms with van der Waals surface area (Å²) in [4.78, 5) is 4.30. The topological polar surface area (TPSA) is 45.2 Å². The maximum absolute atomic E-state index is 9.20. The molecule has 0 bridgehead atoms. The summed E-state index contributed by atoms with van der Waals surface area (Å²) in [5.74, 6) is 0.880. The lowest BCUT2D eigenvalue weighted by Gasteiger charge is -2.09. The first-order chi connectivity index (χ1) is 7.36. The van der Waals surface area contributed by atoms with Crippen LogP contribution >= 0.6 is 0 Å². The van der Waals surface area contributed by atoms with E-state index in [2.05, 4.69) is 10.3 Å². The highest BCUT2D eigenvalue weighted by atomic mass is 16.3. The second-order valence-corrected chi connectivity index (χ2v) is 3.37. The molecule has 1 aromatic carbocycles. The summed E-state index contributed by atoms with van der Waals surface area (Å²) in [5, 5.41) is 14.5. The van der Waals surface area contributed by atoms with Gasteiger partial charge in [-0.15, -0.1) is 0 Å². The second kappa shape index (κ2) is 4.28. The van der Waals surface area contributed by atoms with Crippen LogP contribution in [0.2, 0.25) is 0 Å². The van der Waals surface area contributed by atoms with E-state index in [0.717, 1.165) is 28.7 Å². The van der Waals surface area contributed by atoms with Crippen LogP contribution < -0.4 is 5.32 Å². The Morgan fingerprint density at radius 3 is 2.67 bits per heavy atom. The van der Waals surface area contributed by atoms with Crippen molar-refractivity contribution in [1.29, 1.82) is 0 Å². The zero-order valence-electron chi connectivity index (χ0n) is 8.70. The highest BCUT2D eigenvalue weighted by Crippen LogP contribution is 2.24. The predicted octanol–water partition coefficient (Wildman–Crippen LogP) is 2.16. The molecule has 0 fully saturated rings. The Hall–Kier alpha value is -1.61. The molecule has 0 atom stereocenters. The molecule has 0 radical (unpaired) electrons. The first kappa shape index (κ1) is 9.93. The largest absolute Gasteiger partial charge is 0.392 e. The van der Waals surface area contributed by atoms with E-state index in [9.17, 15) is 5.11 Å². The number of nitrogens with zero attached hydrogens (tertiary/aromatic N) is 1. The number of nitrogens with one attached hydrogen (secondary N) is 1. The Balaban J connectivity index is 2.66. The summed E-state index contributed by atoms with van der Waals surface area (Å²) in [6, 6.07) is 7.96. The van der Waals surface area contributed by atoms with Crippen LogP contribution in [0.1, 0.15) is 12.5 Å². The van der Waals surface area contributed by atoms with Crippen molar-refractivity contribution in [2.75, 3.05) is 11.9 Å². The Labute approximate surface area is 88.8 Å². The van der Waals surface area contributed by atoms with Gasteiger partial charge in [0.05, 0.1) is 6.61 Å². The number of aliphatic hydroxyl groups excluding tert-OH is 1. The molecule has 0 aliphatic carbocycles. The van der Waals surface area contributed by atoms with Gasteiger partial charge in [-0.3, -0.25) is 0 Å². The summed E-state index contributed by atoms with van der Waals surface area (Å²) in [7, 11) is 0. The number of aliphatic hydroxyl groups is 1. The lowest BCUT2D eigenvalue weighted by atomic mass is 10.1. The van der Waals surface area contributed by atoms with Crippen LogP contribution in [0.25, 0.3) is 10.8 Å². The number of fused-ring (bicyclic) bond motifs is 1. The third-order valence-electron chi connectivity index (χ3n) is 2.39. The van der Waals surface area contributed by atoms with E-state index in [-0.39, 0.29) is 6.61 Å². The smallest absolute Gasteiger partial charge is 0.133 e. The number of pyridine rings is 1. The first-order valence-electron chi connectivity index (χ1n) is 5.08. The molecule has 0 saturated heterocycles. The zero-order chi connectivity index (χ0) is 10.7. The molecule has 0 saturated carbocycles. The van der Waals surface area contributed by atoms with Crippen molar-refractivity contribution >= 4 is 16.6 Å². The Bertz CT molecular complexity index is 468. The summed E-state index contributed by atoms with van der Waals surface area (Å²) in [6.07, 6.45) is 1.72. The SMILES string of the molecule is CCNc1ncc(CO)c2ccccc12. The van der Waals surface area contributed by atoms with Gasteiger partial charge in [0, 0.05) is 23.7 Å². The molecule has 1 aromatic heterocycles. The molecular formula is C12H14N2O. The normalized spacial score (nSPS) is 10.5. The second-order valence-electron chi connectivity index (χ2n) is 3.37. The van der Waals surface area contributed by atoms with Gasteiger partial charge >= 0.3 is 0 Å². The molecule has 0 spiro atoms. The molecule has 78 valence electrons. The van der Waals surface area contributed by atoms with Gasteiger partial charge in [-0.05, 0) is 12.3 Å². The number of rotatable bonds is 3. The van der Waals surface area contributed by atoms with Crippen LogP contribution in [0, 0.1) is 0 Å². The average molecular weight is 202 g/mol. The molecule has 1 heterocycles. The number of hydrogen-bond acceptors (Lipinski definition) is 3. The van der Waals surface area contributed by atoms with Crippen molar-refractivity contribution in [2.45, 2.75) is 13.5 Å². The number of benzene rings is 1. The van der Waals surface area contributed by atoms with E-state index >= 15 is 0 Å². The highest BCUT2D eigenvalue weighted by Gasteiger charge is 2.04. The molecule has 2 rings (SSSR count). The molecule has 0 aliphatic heterocycles. The van der Waals surface area contributed by atoms with Gasteiger partial charge in [-0.25, -0.2) is 4.98 Å². The first-order valence-corrected chi connectivity index (χ1v) is 5.08. The fourth-order valence-corrected chi connectivity index (χ4v) is 1.69. The quantitative estimate of drug-likeness (QED) is 0.801. The summed E-state index contributed by atoms with van der Waals surface area (Å²) >= 11 is 0. The lowest BCUT2D eigenvalue weighted by Crippen LogP contribution is -2.01. The van der Waals surface area contributed by atoms with Gasteiger partial charge in [0.25, 0.3) is 0 Å². The molecule has 0 unspecified atom stereocenters. The molecule has 2 aromatic rings. The monoisotopic (exact) mass is 202 g/mol. The van der Waals surface area contributed by atoms with Crippen LogP contribution in [0.4, 0.5) is 5.82 Å². The molecule has 3 heteroatoms. The van der Waals surface area contributed by atoms with Gasteiger partial charge < -0.3 is 10.4 Å². The number of hydrogen-bond donors (Lipinski definition) is 2. The molecule has 3 nitrogen and oxygen atoms in total. The Kier molecular flexibility index (Phi) is 2.83. The Morgan fingerprint density at radius 2 is 2.00 bits per heavy atom. The Morgan fingerprint density at radius 1 is 1.27 bits per heavy atom. The minimum Gasteiger partial charge on any atom is -0.392 e. The van der Waals surface area contributed by atoms with Crippen molar-refractivity contribution in [3.63, 3.8) is 0 Å². The van der Waals surface area contributed by atoms with Crippen LogP contribution in [0.5, 0.6) is 0 Å². The average Bonchev–Trinajstić information content (AvgIpc) is 2.30. The third kappa shape index (κ3) is 1.78. The molecule has 0 amide bonds.